The summed E-state index contributed by atoms with van der Waals surface area (Å²) in [6, 6.07) is 0. The van der Waals surface area contributed by atoms with Gasteiger partial charge in [0, 0.05) is 6.54 Å². The largest absolute Gasteiger partial charge is 0.373 e. The summed E-state index contributed by atoms with van der Waals surface area (Å²) < 4.78 is 0. The first kappa shape index (κ1) is 3.81. The van der Waals surface area contributed by atoms with Gasteiger partial charge in [0.15, 0.2) is 0 Å². The third-order valence-electron chi connectivity index (χ3n) is 0.663. The van der Waals surface area contributed by atoms with Gasteiger partial charge in [0.05, 0.1) is 4.99 Å². The zero-order valence-corrected chi connectivity index (χ0v) is 4.09. The predicted octanol–water partition coefficient (Wildman–Crippen LogP) is 0.473. The van der Waals surface area contributed by atoms with E-state index in [4.69, 9.17) is 12.2 Å². The highest BCUT2D eigenvalue weighted by Gasteiger charge is 1.90. The SMILES string of the molecule is S=C1C=CCN1. The fourth-order valence-corrected chi connectivity index (χ4v) is 0.564. The smallest absolute Gasteiger partial charge is 0.0987 e. The Bertz CT molecular complexity index is 95.7. The quantitative estimate of drug-likeness (QED) is 0.443. The number of hydrogen-bond acceptors (Lipinski definition) is 1. The summed E-state index contributed by atoms with van der Waals surface area (Å²) in [6.45, 7) is 0.916. The molecule has 1 aliphatic heterocycles. The van der Waals surface area contributed by atoms with Crippen LogP contribution in [0.1, 0.15) is 0 Å². The van der Waals surface area contributed by atoms with E-state index in [0.29, 0.717) is 0 Å². The Kier molecular flexibility index (Phi) is 0.881. The van der Waals surface area contributed by atoms with Crippen LogP contribution in [0.5, 0.6) is 0 Å². The lowest BCUT2D eigenvalue weighted by atomic mass is 10.6. The van der Waals surface area contributed by atoms with Crippen LogP contribution >= 0.6 is 12.2 Å². The molecule has 0 saturated carbocycles. The molecule has 32 valence electrons. The number of hydrogen-bond donors (Lipinski definition) is 1. The van der Waals surface area contributed by atoms with E-state index in [2.05, 4.69) is 5.32 Å². The van der Waals surface area contributed by atoms with E-state index in [-0.39, 0.29) is 0 Å². The highest BCUT2D eigenvalue weighted by atomic mass is 32.1. The second kappa shape index (κ2) is 1.39. The van der Waals surface area contributed by atoms with Gasteiger partial charge in [0.25, 0.3) is 0 Å². The molecule has 0 fully saturated rings. The Morgan fingerprint density at radius 3 is 2.83 bits per heavy atom. The average molecular weight is 99.2 g/mol. The molecule has 1 N–H and O–H groups in total. The van der Waals surface area contributed by atoms with Gasteiger partial charge >= 0.3 is 0 Å². The Hall–Kier alpha value is -0.370. The van der Waals surface area contributed by atoms with Crippen molar-refractivity contribution < 1.29 is 0 Å². The molecule has 0 aromatic carbocycles. The van der Waals surface area contributed by atoms with E-state index < -0.39 is 0 Å². The number of thiocarbonyl (C=S) groups is 1. The summed E-state index contributed by atoms with van der Waals surface area (Å²) in [6.07, 6.45) is 3.90. The van der Waals surface area contributed by atoms with E-state index in [0.717, 1.165) is 11.5 Å². The molecule has 0 amide bonds. The monoisotopic (exact) mass is 99.0 g/mol. The van der Waals surface area contributed by atoms with Crippen LogP contribution in [0.25, 0.3) is 0 Å². The molecule has 1 nitrogen and oxygen atoms in total. The minimum Gasteiger partial charge on any atom is -0.373 e. The van der Waals surface area contributed by atoms with Gasteiger partial charge in [-0.3, -0.25) is 0 Å². The summed E-state index contributed by atoms with van der Waals surface area (Å²) in [7, 11) is 0. The van der Waals surface area contributed by atoms with E-state index >= 15 is 0 Å². The van der Waals surface area contributed by atoms with Crippen molar-refractivity contribution in [3.63, 3.8) is 0 Å². The first-order chi connectivity index (χ1) is 2.89. The Balaban J connectivity index is 2.59. The molecule has 1 heterocycles. The van der Waals surface area contributed by atoms with Gasteiger partial charge < -0.3 is 5.32 Å². The van der Waals surface area contributed by atoms with Gasteiger partial charge in [0.2, 0.25) is 0 Å². The molecule has 0 saturated heterocycles. The van der Waals surface area contributed by atoms with E-state index in [9.17, 15) is 0 Å². The van der Waals surface area contributed by atoms with Crippen LogP contribution in [0.15, 0.2) is 12.2 Å². The molecule has 0 radical (unpaired) electrons. The molecule has 1 rings (SSSR count). The maximum atomic E-state index is 4.72. The summed E-state index contributed by atoms with van der Waals surface area (Å²) >= 11 is 4.72. The van der Waals surface area contributed by atoms with Crippen molar-refractivity contribution in [1.29, 1.82) is 0 Å². The second-order valence-electron chi connectivity index (χ2n) is 1.15. The Morgan fingerprint density at radius 2 is 2.67 bits per heavy atom. The Labute approximate surface area is 42.0 Å². The minimum absolute atomic E-state index is 0.856. The van der Waals surface area contributed by atoms with Crippen LogP contribution in [0.3, 0.4) is 0 Å². The van der Waals surface area contributed by atoms with E-state index in [1.807, 2.05) is 12.2 Å². The third kappa shape index (κ3) is 0.571. The molecule has 0 atom stereocenters. The maximum Gasteiger partial charge on any atom is 0.0987 e. The van der Waals surface area contributed by atoms with Crippen LogP contribution in [-0.4, -0.2) is 11.5 Å². The number of rotatable bonds is 0. The molecule has 0 aliphatic carbocycles. The topological polar surface area (TPSA) is 12.0 Å². The van der Waals surface area contributed by atoms with Gasteiger partial charge in [-0.25, -0.2) is 0 Å². The Morgan fingerprint density at radius 1 is 1.83 bits per heavy atom. The van der Waals surface area contributed by atoms with Gasteiger partial charge in [0.1, 0.15) is 0 Å². The molecule has 0 spiro atoms. The van der Waals surface area contributed by atoms with E-state index in [1.54, 1.807) is 0 Å². The molecular weight excluding hydrogens is 94.1 g/mol. The molecule has 6 heavy (non-hydrogen) atoms. The van der Waals surface area contributed by atoms with Crippen molar-refractivity contribution in [3.05, 3.63) is 12.2 Å². The summed E-state index contributed by atoms with van der Waals surface area (Å²) in [4.78, 5) is 0.856. The van der Waals surface area contributed by atoms with Gasteiger partial charge in [-0.2, -0.15) is 0 Å². The molecule has 0 aromatic heterocycles. The third-order valence-corrected chi connectivity index (χ3v) is 0.944. The molecule has 0 unspecified atom stereocenters. The molecule has 0 aromatic rings. The zero-order valence-electron chi connectivity index (χ0n) is 3.27. The maximum absolute atomic E-state index is 4.72. The predicted molar refractivity (Wildman–Crippen MR) is 29.7 cm³/mol. The van der Waals surface area contributed by atoms with Crippen LogP contribution < -0.4 is 5.32 Å². The van der Waals surface area contributed by atoms with Crippen LogP contribution in [0.2, 0.25) is 0 Å². The van der Waals surface area contributed by atoms with Gasteiger partial charge in [-0.1, -0.05) is 18.3 Å². The minimum atomic E-state index is 0.856. The van der Waals surface area contributed by atoms with Crippen molar-refractivity contribution in [2.24, 2.45) is 0 Å². The fraction of sp³-hybridized carbons (Fsp3) is 0.250. The molecule has 0 bridgehead atoms. The summed E-state index contributed by atoms with van der Waals surface area (Å²) in [5.41, 5.74) is 0. The average Bonchev–Trinajstić information content (AvgIpc) is 1.86. The lowest BCUT2D eigenvalue weighted by Crippen LogP contribution is -2.11. The van der Waals surface area contributed by atoms with Crippen molar-refractivity contribution in [3.8, 4) is 0 Å². The van der Waals surface area contributed by atoms with Crippen molar-refractivity contribution in [2.45, 2.75) is 0 Å². The molecular formula is C4H5NS. The normalized spacial score (nSPS) is 18.3. The lowest BCUT2D eigenvalue weighted by molar-refractivity contribution is 1.10. The van der Waals surface area contributed by atoms with Crippen LogP contribution in [0.4, 0.5) is 0 Å². The van der Waals surface area contributed by atoms with E-state index in [1.165, 1.54) is 0 Å². The van der Waals surface area contributed by atoms with Gasteiger partial charge in [-0.15, -0.1) is 0 Å². The summed E-state index contributed by atoms with van der Waals surface area (Å²) in [5.74, 6) is 0. The highest BCUT2D eigenvalue weighted by molar-refractivity contribution is 7.80. The lowest BCUT2D eigenvalue weighted by Gasteiger charge is -1.84. The van der Waals surface area contributed by atoms with Crippen LogP contribution in [0, 0.1) is 0 Å². The molecule has 1 aliphatic rings. The van der Waals surface area contributed by atoms with Crippen LogP contribution in [-0.2, 0) is 0 Å². The fourth-order valence-electron chi connectivity index (χ4n) is 0.384. The standard InChI is InChI=1S/C4H5NS/c6-4-2-1-3-5-4/h1-2H,3H2,(H,5,6). The first-order valence-corrected chi connectivity index (χ1v) is 2.25. The summed E-state index contributed by atoms with van der Waals surface area (Å²) in [5, 5.41) is 2.94. The van der Waals surface area contributed by atoms with Crippen molar-refractivity contribution in [1.82, 2.24) is 5.32 Å². The number of nitrogens with one attached hydrogen (secondary N) is 1. The van der Waals surface area contributed by atoms with Crippen molar-refractivity contribution in [2.75, 3.05) is 6.54 Å². The second-order valence-corrected chi connectivity index (χ2v) is 1.59. The first-order valence-electron chi connectivity index (χ1n) is 1.84. The highest BCUT2D eigenvalue weighted by Crippen LogP contribution is 1.83. The zero-order chi connectivity index (χ0) is 4.41. The molecule has 2 heteroatoms. The van der Waals surface area contributed by atoms with Gasteiger partial charge in [-0.05, 0) is 6.08 Å². The van der Waals surface area contributed by atoms with Crippen molar-refractivity contribution >= 4 is 17.2 Å².